The molecule has 0 aliphatic heterocycles. The van der Waals surface area contributed by atoms with Crippen LogP contribution >= 0.6 is 7.60 Å². The minimum atomic E-state index is -3.94. The van der Waals surface area contributed by atoms with Crippen LogP contribution < -0.4 is 5.73 Å². The van der Waals surface area contributed by atoms with Gasteiger partial charge < -0.3 is 24.5 Å². The van der Waals surface area contributed by atoms with Gasteiger partial charge in [-0.1, -0.05) is 27.7 Å². The molecule has 0 aromatic carbocycles. The van der Waals surface area contributed by atoms with E-state index in [0.717, 1.165) is 0 Å². The van der Waals surface area contributed by atoms with E-state index in [2.05, 4.69) is 15.0 Å². The van der Waals surface area contributed by atoms with Crippen molar-refractivity contribution < 1.29 is 37.4 Å². The Hall–Kier alpha value is -2.60. The second-order valence-electron chi connectivity index (χ2n) is 7.78. The quantitative estimate of drug-likeness (QED) is 0.249. The highest BCUT2D eigenvalue weighted by atomic mass is 31.2. The van der Waals surface area contributed by atoms with Gasteiger partial charge in [0.2, 0.25) is 13.6 Å². The number of carbonyl (C=O) groups excluding carboxylic acids is 2. The number of carbonyl (C=O) groups is 2. The van der Waals surface area contributed by atoms with Crippen LogP contribution in [0.15, 0.2) is 12.7 Å². The zero-order valence-electron chi connectivity index (χ0n) is 19.3. The van der Waals surface area contributed by atoms with Gasteiger partial charge in [0.15, 0.2) is 11.5 Å². The number of rotatable bonds is 13. The Labute approximate surface area is 191 Å². The molecule has 33 heavy (non-hydrogen) atoms. The van der Waals surface area contributed by atoms with E-state index < -0.39 is 45.6 Å². The minimum absolute atomic E-state index is 0.255. The van der Waals surface area contributed by atoms with Crippen molar-refractivity contribution in [1.82, 2.24) is 19.5 Å². The van der Waals surface area contributed by atoms with Crippen molar-refractivity contribution in [2.45, 2.75) is 47.3 Å². The van der Waals surface area contributed by atoms with Gasteiger partial charge in [0.25, 0.3) is 0 Å². The molecule has 2 rings (SSSR count). The zero-order chi connectivity index (χ0) is 24.6. The number of nitrogens with two attached hydrogens (primary N) is 1. The van der Waals surface area contributed by atoms with Crippen molar-refractivity contribution in [3.05, 3.63) is 12.7 Å². The molecule has 0 aliphatic rings. The molecule has 2 heterocycles. The second-order valence-corrected chi connectivity index (χ2v) is 9.77. The van der Waals surface area contributed by atoms with E-state index in [1.807, 2.05) is 0 Å². The molecule has 1 atom stereocenters. The fourth-order valence-electron chi connectivity index (χ4n) is 2.36. The van der Waals surface area contributed by atoms with Crippen LogP contribution in [0.3, 0.4) is 0 Å². The van der Waals surface area contributed by atoms with Crippen molar-refractivity contribution >= 4 is 36.5 Å². The number of hydrogen-bond donors (Lipinski definition) is 1. The van der Waals surface area contributed by atoms with E-state index in [-0.39, 0.29) is 17.7 Å². The number of nitrogens with zero attached hydrogens (tertiary/aromatic N) is 4. The average molecular weight is 487 g/mol. The Morgan fingerprint density at radius 1 is 1.00 bits per heavy atom. The van der Waals surface area contributed by atoms with Crippen LogP contribution in [0.1, 0.15) is 34.6 Å². The molecule has 184 valence electrons. The maximum atomic E-state index is 13.1. The van der Waals surface area contributed by atoms with Crippen LogP contribution in [0.25, 0.3) is 11.2 Å². The van der Waals surface area contributed by atoms with E-state index in [4.69, 9.17) is 29.0 Å². The zero-order valence-corrected chi connectivity index (χ0v) is 20.2. The van der Waals surface area contributed by atoms with Crippen molar-refractivity contribution in [2.24, 2.45) is 11.8 Å². The van der Waals surface area contributed by atoms with Gasteiger partial charge in [0.05, 0.1) is 30.8 Å². The fraction of sp³-hybridized carbons (Fsp3) is 0.632. The lowest BCUT2D eigenvalue weighted by molar-refractivity contribution is -0.156. The highest BCUT2D eigenvalue weighted by Crippen LogP contribution is 2.48. The van der Waals surface area contributed by atoms with Crippen LogP contribution in [-0.2, 0) is 44.0 Å². The van der Waals surface area contributed by atoms with Gasteiger partial charge in [0, 0.05) is 0 Å². The summed E-state index contributed by atoms with van der Waals surface area (Å²) in [5, 5.41) is 0. The number of aromatic nitrogens is 4. The Balaban J connectivity index is 1.97. The summed E-state index contributed by atoms with van der Waals surface area (Å²) >= 11 is 0. The minimum Gasteiger partial charge on any atom is -0.438 e. The van der Waals surface area contributed by atoms with E-state index >= 15 is 0 Å². The monoisotopic (exact) mass is 487 g/mol. The van der Waals surface area contributed by atoms with E-state index in [9.17, 15) is 14.2 Å². The highest BCUT2D eigenvalue weighted by molar-refractivity contribution is 7.53. The Morgan fingerprint density at radius 3 is 2.12 bits per heavy atom. The van der Waals surface area contributed by atoms with Crippen LogP contribution in [0.4, 0.5) is 5.82 Å². The largest absolute Gasteiger partial charge is 0.438 e. The highest BCUT2D eigenvalue weighted by Gasteiger charge is 2.28. The molecule has 0 radical (unpaired) electrons. The summed E-state index contributed by atoms with van der Waals surface area (Å²) < 4.78 is 40.6. The van der Waals surface area contributed by atoms with Crippen LogP contribution in [0.5, 0.6) is 0 Å². The number of fused-ring (bicyclic) bond motifs is 1. The van der Waals surface area contributed by atoms with Gasteiger partial charge >= 0.3 is 19.5 Å². The van der Waals surface area contributed by atoms with Crippen LogP contribution in [0.2, 0.25) is 0 Å². The molecular formula is C19H30N5O8P. The third kappa shape index (κ3) is 8.04. The number of esters is 2. The Kier molecular flexibility index (Phi) is 9.71. The SMILES string of the molecule is CC(C)C(=O)OCOP(=O)(CO[C@H](C)Cn1cnc2c(N)ncnc21)OCOC(=O)C(C)C. The standard InChI is InChI=1S/C19H30N5O8P/c1-12(2)18(25)28-9-31-33(27,32-10-29-19(26)13(3)4)11-30-14(5)6-24-8-23-15-16(20)21-7-22-17(15)24/h7-8,12-14H,6,9-11H2,1-5H3,(H2,20,21,22)/t14-/m1/s1. The summed E-state index contributed by atoms with van der Waals surface area (Å²) in [5.74, 6) is -1.59. The first-order valence-electron chi connectivity index (χ1n) is 10.3. The fourth-order valence-corrected chi connectivity index (χ4v) is 3.44. The van der Waals surface area contributed by atoms with Crippen molar-refractivity contribution in [3.63, 3.8) is 0 Å². The Bertz CT molecular complexity index is 966. The second kappa shape index (κ2) is 12.0. The van der Waals surface area contributed by atoms with Crippen LogP contribution in [0, 0.1) is 11.8 Å². The van der Waals surface area contributed by atoms with Gasteiger partial charge in [-0.15, -0.1) is 0 Å². The normalized spacial score (nSPS) is 12.9. The van der Waals surface area contributed by atoms with Crippen molar-refractivity contribution in [3.8, 4) is 0 Å². The predicted molar refractivity (Wildman–Crippen MR) is 117 cm³/mol. The maximum absolute atomic E-state index is 13.1. The number of imidazole rings is 1. The van der Waals surface area contributed by atoms with Crippen LogP contribution in [-0.4, -0.2) is 57.5 Å². The molecule has 0 aliphatic carbocycles. The molecule has 2 aromatic rings. The Morgan fingerprint density at radius 2 is 1.58 bits per heavy atom. The molecule has 0 saturated carbocycles. The third-order valence-corrected chi connectivity index (χ3v) is 5.71. The molecule has 0 saturated heterocycles. The number of hydrogen-bond acceptors (Lipinski definition) is 12. The van der Waals surface area contributed by atoms with Crippen molar-refractivity contribution in [2.75, 3.05) is 25.7 Å². The lowest BCUT2D eigenvalue weighted by Crippen LogP contribution is -2.20. The van der Waals surface area contributed by atoms with Gasteiger partial charge in [-0.2, -0.15) is 0 Å². The summed E-state index contributed by atoms with van der Waals surface area (Å²) in [5.41, 5.74) is 6.77. The first kappa shape index (κ1) is 26.7. The third-order valence-electron chi connectivity index (χ3n) is 4.24. The molecule has 13 nitrogen and oxygen atoms in total. The molecule has 0 spiro atoms. The molecule has 14 heteroatoms. The summed E-state index contributed by atoms with van der Waals surface area (Å²) in [4.78, 5) is 35.5. The number of anilines is 1. The number of nitrogen functional groups attached to an aromatic ring is 1. The molecule has 0 fully saturated rings. The van der Waals surface area contributed by atoms with Crippen molar-refractivity contribution in [1.29, 1.82) is 0 Å². The lowest BCUT2D eigenvalue weighted by atomic mass is 10.2. The molecule has 0 unspecified atom stereocenters. The molecule has 0 amide bonds. The smallest absolute Gasteiger partial charge is 0.361 e. The summed E-state index contributed by atoms with van der Waals surface area (Å²) in [6, 6.07) is 0. The molecule has 0 bridgehead atoms. The number of ether oxygens (including phenoxy) is 3. The summed E-state index contributed by atoms with van der Waals surface area (Å²) in [7, 11) is -3.94. The first-order valence-corrected chi connectivity index (χ1v) is 12.0. The summed E-state index contributed by atoms with van der Waals surface area (Å²) in [6.45, 7) is 7.41. The van der Waals surface area contributed by atoms with E-state index in [1.54, 1.807) is 45.5 Å². The maximum Gasteiger partial charge on any atom is 0.361 e. The van der Waals surface area contributed by atoms with Gasteiger partial charge in [-0.25, -0.2) is 15.0 Å². The first-order chi connectivity index (χ1) is 15.5. The van der Waals surface area contributed by atoms with Gasteiger partial charge in [-0.05, 0) is 6.92 Å². The molecule has 2 aromatic heterocycles. The molecule has 2 N–H and O–H groups in total. The average Bonchev–Trinajstić information content (AvgIpc) is 3.16. The predicted octanol–water partition coefficient (Wildman–Crippen LogP) is 2.31. The molecular weight excluding hydrogens is 457 g/mol. The van der Waals surface area contributed by atoms with E-state index in [0.29, 0.717) is 17.7 Å². The van der Waals surface area contributed by atoms with Gasteiger partial charge in [0.1, 0.15) is 18.2 Å². The van der Waals surface area contributed by atoms with Gasteiger partial charge in [-0.3, -0.25) is 23.2 Å². The summed E-state index contributed by atoms with van der Waals surface area (Å²) in [6.07, 6.45) is 1.92. The lowest BCUT2D eigenvalue weighted by Gasteiger charge is -2.21. The van der Waals surface area contributed by atoms with E-state index in [1.165, 1.54) is 6.33 Å². The topological polar surface area (TPSA) is 167 Å².